The summed E-state index contributed by atoms with van der Waals surface area (Å²) in [5, 5.41) is 0. The summed E-state index contributed by atoms with van der Waals surface area (Å²) in [6.07, 6.45) is 1.75. The smallest absolute Gasteiger partial charge is 0.253 e. The third-order valence-electron chi connectivity index (χ3n) is 6.43. The van der Waals surface area contributed by atoms with Crippen LogP contribution in [0.4, 0.5) is 0 Å². The first-order valence-electron chi connectivity index (χ1n) is 11.7. The number of sulfonamides is 1. The molecule has 4 rings (SSSR count). The van der Waals surface area contributed by atoms with E-state index < -0.39 is 10.0 Å². The second-order valence-corrected chi connectivity index (χ2v) is 10.7. The van der Waals surface area contributed by atoms with Gasteiger partial charge in [-0.1, -0.05) is 17.7 Å². The molecule has 34 heavy (non-hydrogen) atoms. The molecule has 2 aliphatic rings. The number of ether oxygens (including phenoxy) is 2. The third-order valence-corrected chi connectivity index (χ3v) is 7.87. The van der Waals surface area contributed by atoms with Crippen LogP contribution in [0.15, 0.2) is 47.4 Å². The predicted octanol–water partition coefficient (Wildman–Crippen LogP) is 2.42. The lowest BCUT2D eigenvalue weighted by atomic mass is 10.1. The Balaban J connectivity index is 1.31. The Morgan fingerprint density at radius 2 is 1.85 bits per heavy atom. The summed E-state index contributed by atoms with van der Waals surface area (Å²) in [5.41, 5.74) is 2.83. The fraction of sp³-hybridized carbons (Fsp3) is 0.480. The Kier molecular flexibility index (Phi) is 7.88. The highest BCUT2D eigenvalue weighted by atomic mass is 32.2. The molecule has 0 aliphatic carbocycles. The summed E-state index contributed by atoms with van der Waals surface area (Å²) in [7, 11) is -1.95. The van der Waals surface area contributed by atoms with Gasteiger partial charge in [0.15, 0.2) is 0 Å². The molecule has 184 valence electrons. The molecule has 2 saturated heterocycles. The quantitative estimate of drug-likeness (QED) is 0.615. The number of nitrogens with one attached hydrogen (secondary N) is 1. The van der Waals surface area contributed by atoms with Crippen LogP contribution in [-0.2, 0) is 21.3 Å². The van der Waals surface area contributed by atoms with Crippen LogP contribution in [-0.4, -0.2) is 76.7 Å². The van der Waals surface area contributed by atoms with Gasteiger partial charge in [-0.25, -0.2) is 13.1 Å². The SMILES string of the molecule is COc1ccc(C)cc1CN1CCN(C(=O)c2ccc(S(=O)(=O)NC[C@H]3CCCO3)cc2)CC1. The first kappa shape index (κ1) is 24.7. The van der Waals surface area contributed by atoms with Gasteiger partial charge in [0, 0.05) is 57.0 Å². The van der Waals surface area contributed by atoms with Gasteiger partial charge in [0.1, 0.15) is 5.75 Å². The van der Waals surface area contributed by atoms with Gasteiger partial charge in [-0.2, -0.15) is 0 Å². The molecule has 1 N–H and O–H groups in total. The Morgan fingerprint density at radius 1 is 1.12 bits per heavy atom. The van der Waals surface area contributed by atoms with Crippen LogP contribution in [0.2, 0.25) is 0 Å². The highest BCUT2D eigenvalue weighted by Gasteiger charge is 2.24. The summed E-state index contributed by atoms with van der Waals surface area (Å²) in [5.74, 6) is 0.799. The van der Waals surface area contributed by atoms with E-state index in [4.69, 9.17) is 9.47 Å². The highest BCUT2D eigenvalue weighted by Crippen LogP contribution is 2.22. The molecule has 9 heteroatoms. The van der Waals surface area contributed by atoms with Crippen LogP contribution in [0.3, 0.4) is 0 Å². The summed E-state index contributed by atoms with van der Waals surface area (Å²) >= 11 is 0. The second kappa shape index (κ2) is 10.9. The standard InChI is InChI=1S/C25H33N3O5S/c1-19-5-10-24(32-2)21(16-19)18-27-11-13-28(14-12-27)25(29)20-6-8-23(9-7-20)34(30,31)26-17-22-4-3-15-33-22/h5-10,16,22,26H,3-4,11-15,17-18H2,1-2H3/t22-/m1/s1. The number of nitrogens with zero attached hydrogens (tertiary/aromatic N) is 2. The molecule has 1 amide bonds. The minimum atomic E-state index is -3.63. The van der Waals surface area contributed by atoms with E-state index in [0.717, 1.165) is 43.8 Å². The van der Waals surface area contributed by atoms with Gasteiger partial charge in [-0.05, 0) is 50.1 Å². The zero-order chi connectivity index (χ0) is 24.1. The molecular formula is C25H33N3O5S. The van der Waals surface area contributed by atoms with Gasteiger partial charge in [0.25, 0.3) is 5.91 Å². The molecule has 0 aromatic heterocycles. The van der Waals surface area contributed by atoms with Crippen molar-refractivity contribution in [3.8, 4) is 5.75 Å². The van der Waals surface area contributed by atoms with Crippen molar-refractivity contribution in [2.75, 3.05) is 46.4 Å². The number of hydrogen-bond acceptors (Lipinski definition) is 6. The number of rotatable bonds is 8. The number of carbonyl (C=O) groups is 1. The van der Waals surface area contributed by atoms with Crippen molar-refractivity contribution in [2.45, 2.75) is 37.3 Å². The van der Waals surface area contributed by atoms with Gasteiger partial charge in [-0.3, -0.25) is 9.69 Å². The molecule has 0 saturated carbocycles. The van der Waals surface area contributed by atoms with Crippen LogP contribution in [0.5, 0.6) is 5.75 Å². The summed E-state index contributed by atoms with van der Waals surface area (Å²) in [6.45, 7) is 6.56. The number of hydrogen-bond donors (Lipinski definition) is 1. The molecule has 2 heterocycles. The van der Waals surface area contributed by atoms with Crippen LogP contribution >= 0.6 is 0 Å². The maximum Gasteiger partial charge on any atom is 0.253 e. The summed E-state index contributed by atoms with van der Waals surface area (Å²) in [4.78, 5) is 17.3. The predicted molar refractivity (Wildman–Crippen MR) is 130 cm³/mol. The fourth-order valence-corrected chi connectivity index (χ4v) is 5.50. The van der Waals surface area contributed by atoms with Gasteiger partial charge < -0.3 is 14.4 Å². The lowest BCUT2D eigenvalue weighted by Crippen LogP contribution is -2.48. The summed E-state index contributed by atoms with van der Waals surface area (Å²) in [6, 6.07) is 12.3. The van der Waals surface area contributed by atoms with Crippen molar-refractivity contribution >= 4 is 15.9 Å². The van der Waals surface area contributed by atoms with Gasteiger partial charge in [0.2, 0.25) is 10.0 Å². The Bertz CT molecular complexity index is 1090. The van der Waals surface area contributed by atoms with Crippen LogP contribution in [0.1, 0.15) is 34.3 Å². The van der Waals surface area contributed by atoms with E-state index in [1.807, 2.05) is 17.0 Å². The van der Waals surface area contributed by atoms with Gasteiger partial charge in [0.05, 0.1) is 18.1 Å². The van der Waals surface area contributed by atoms with Crippen molar-refractivity contribution in [2.24, 2.45) is 0 Å². The molecular weight excluding hydrogens is 454 g/mol. The number of carbonyl (C=O) groups excluding carboxylic acids is 1. The van der Waals surface area contributed by atoms with E-state index >= 15 is 0 Å². The summed E-state index contributed by atoms with van der Waals surface area (Å²) < 4.78 is 38.7. The normalized spacial score (nSPS) is 19.4. The van der Waals surface area contributed by atoms with E-state index in [0.29, 0.717) is 25.3 Å². The molecule has 0 radical (unpaired) electrons. The Labute approximate surface area is 201 Å². The third kappa shape index (κ3) is 5.96. The number of aryl methyl sites for hydroxylation is 1. The van der Waals surface area contributed by atoms with Crippen LogP contribution < -0.4 is 9.46 Å². The van der Waals surface area contributed by atoms with E-state index in [1.165, 1.54) is 17.7 Å². The molecule has 2 aromatic rings. The first-order chi connectivity index (χ1) is 16.4. The molecule has 0 bridgehead atoms. The molecule has 1 atom stereocenters. The molecule has 0 unspecified atom stereocenters. The van der Waals surface area contributed by atoms with E-state index in [1.54, 1.807) is 19.2 Å². The van der Waals surface area contributed by atoms with Crippen molar-refractivity contribution in [3.05, 3.63) is 59.2 Å². The lowest BCUT2D eigenvalue weighted by Gasteiger charge is -2.35. The zero-order valence-electron chi connectivity index (χ0n) is 19.8. The lowest BCUT2D eigenvalue weighted by molar-refractivity contribution is 0.0627. The van der Waals surface area contributed by atoms with Crippen LogP contribution in [0.25, 0.3) is 0 Å². The monoisotopic (exact) mass is 487 g/mol. The van der Waals surface area contributed by atoms with Crippen molar-refractivity contribution in [3.63, 3.8) is 0 Å². The molecule has 2 fully saturated rings. The largest absolute Gasteiger partial charge is 0.496 e. The number of benzene rings is 2. The molecule has 0 spiro atoms. The molecule has 8 nitrogen and oxygen atoms in total. The minimum Gasteiger partial charge on any atom is -0.496 e. The van der Waals surface area contributed by atoms with E-state index in [-0.39, 0.29) is 23.5 Å². The van der Waals surface area contributed by atoms with Gasteiger partial charge in [-0.15, -0.1) is 0 Å². The second-order valence-electron chi connectivity index (χ2n) is 8.89. The van der Waals surface area contributed by atoms with Crippen molar-refractivity contribution in [1.29, 1.82) is 0 Å². The Hall–Kier alpha value is -2.46. The highest BCUT2D eigenvalue weighted by molar-refractivity contribution is 7.89. The fourth-order valence-electron chi connectivity index (χ4n) is 4.43. The zero-order valence-corrected chi connectivity index (χ0v) is 20.6. The topological polar surface area (TPSA) is 88.2 Å². The minimum absolute atomic E-state index is 0.0682. The van der Waals surface area contributed by atoms with Crippen molar-refractivity contribution in [1.82, 2.24) is 14.5 Å². The van der Waals surface area contributed by atoms with E-state index in [9.17, 15) is 13.2 Å². The maximum atomic E-state index is 13.0. The maximum absolute atomic E-state index is 13.0. The van der Waals surface area contributed by atoms with E-state index in [2.05, 4.69) is 22.6 Å². The number of amides is 1. The molecule has 2 aliphatic heterocycles. The number of methoxy groups -OCH3 is 1. The average molecular weight is 488 g/mol. The molecule has 2 aromatic carbocycles. The van der Waals surface area contributed by atoms with Crippen LogP contribution in [0, 0.1) is 6.92 Å². The first-order valence-corrected chi connectivity index (χ1v) is 13.2. The Morgan fingerprint density at radius 3 is 2.50 bits per heavy atom. The van der Waals surface area contributed by atoms with Crippen molar-refractivity contribution < 1.29 is 22.7 Å². The average Bonchev–Trinajstić information content (AvgIpc) is 3.37. The van der Waals surface area contributed by atoms with Gasteiger partial charge >= 0.3 is 0 Å². The number of piperazine rings is 1.